The molecule has 0 aliphatic carbocycles. The molecule has 0 aliphatic rings. The molecular formula is C7H11N2NaO3. The second-order valence-electron chi connectivity index (χ2n) is 2.49. The predicted octanol–water partition coefficient (Wildman–Crippen LogP) is -3.98. The topological polar surface area (TPSA) is 86.0 Å². The molecule has 0 aromatic carbocycles. The number of hydrogen-bond acceptors (Lipinski definition) is 3. The van der Waals surface area contributed by atoms with Gasteiger partial charge in [0.15, 0.2) is 0 Å². The summed E-state index contributed by atoms with van der Waals surface area (Å²) in [6.45, 7) is 1.53. The first-order chi connectivity index (χ1) is 5.65. The number of rotatable bonds is 2. The van der Waals surface area contributed by atoms with Gasteiger partial charge in [-0.05, 0) is 6.92 Å². The Bertz CT molecular complexity index is 387. The standard InChI is InChI=1S/C7H10N2O3.Na.H/c1-4-5(2-3-10)6(11)9-7(12)8-4;;/h10H,2-3H2,1H3,(H2,8,9,11,12);;/q;+1;-1. The molecule has 3 N–H and O–H groups in total. The van der Waals surface area contributed by atoms with Gasteiger partial charge in [0.25, 0.3) is 5.56 Å². The Balaban J connectivity index is 0. The van der Waals surface area contributed by atoms with Crippen LogP contribution < -0.4 is 40.8 Å². The molecule has 13 heavy (non-hydrogen) atoms. The summed E-state index contributed by atoms with van der Waals surface area (Å²) in [5.41, 5.74) is -0.000565. The van der Waals surface area contributed by atoms with Gasteiger partial charge in [-0.3, -0.25) is 9.78 Å². The monoisotopic (exact) mass is 194 g/mol. The van der Waals surface area contributed by atoms with E-state index >= 15 is 0 Å². The Kier molecular flexibility index (Phi) is 5.24. The summed E-state index contributed by atoms with van der Waals surface area (Å²) in [4.78, 5) is 26.3. The van der Waals surface area contributed by atoms with Crippen LogP contribution >= 0.6 is 0 Å². The molecule has 0 aliphatic heterocycles. The number of nitrogens with one attached hydrogen (secondary N) is 2. The molecule has 0 bridgehead atoms. The second kappa shape index (κ2) is 5.39. The molecule has 0 saturated heterocycles. The van der Waals surface area contributed by atoms with Crippen molar-refractivity contribution in [2.24, 2.45) is 0 Å². The van der Waals surface area contributed by atoms with Gasteiger partial charge >= 0.3 is 35.2 Å². The third-order valence-corrected chi connectivity index (χ3v) is 1.62. The number of H-pyrrole nitrogens is 2. The van der Waals surface area contributed by atoms with E-state index in [1.165, 1.54) is 0 Å². The molecule has 6 heteroatoms. The van der Waals surface area contributed by atoms with Crippen molar-refractivity contribution in [3.63, 3.8) is 0 Å². The first-order valence-electron chi connectivity index (χ1n) is 3.58. The largest absolute Gasteiger partial charge is 1.00 e. The molecule has 0 amide bonds. The molecule has 68 valence electrons. The Morgan fingerprint density at radius 3 is 2.46 bits per heavy atom. The average molecular weight is 194 g/mol. The number of aryl methyl sites for hydroxylation is 1. The van der Waals surface area contributed by atoms with Crippen molar-refractivity contribution in [1.82, 2.24) is 9.97 Å². The Morgan fingerprint density at radius 2 is 2.00 bits per heavy atom. The van der Waals surface area contributed by atoms with Crippen molar-refractivity contribution >= 4 is 0 Å². The molecule has 0 spiro atoms. The molecular weight excluding hydrogens is 183 g/mol. The van der Waals surface area contributed by atoms with Gasteiger partial charge in [0.1, 0.15) is 0 Å². The maximum absolute atomic E-state index is 11.1. The van der Waals surface area contributed by atoms with Gasteiger partial charge in [-0.1, -0.05) is 0 Å². The first-order valence-corrected chi connectivity index (χ1v) is 3.58. The third-order valence-electron chi connectivity index (χ3n) is 1.62. The molecule has 0 unspecified atom stereocenters. The van der Waals surface area contributed by atoms with Crippen LogP contribution in [-0.2, 0) is 6.42 Å². The van der Waals surface area contributed by atoms with Gasteiger partial charge < -0.3 is 11.5 Å². The van der Waals surface area contributed by atoms with Crippen LogP contribution in [0.15, 0.2) is 9.59 Å². The fourth-order valence-corrected chi connectivity index (χ4v) is 1.04. The van der Waals surface area contributed by atoms with Crippen LogP contribution in [0, 0.1) is 6.92 Å². The van der Waals surface area contributed by atoms with E-state index in [0.29, 0.717) is 11.3 Å². The second-order valence-corrected chi connectivity index (χ2v) is 2.49. The van der Waals surface area contributed by atoms with Crippen LogP contribution in [0.25, 0.3) is 0 Å². The predicted molar refractivity (Wildman–Crippen MR) is 44.3 cm³/mol. The van der Waals surface area contributed by atoms with Crippen LogP contribution in [0.3, 0.4) is 0 Å². The van der Waals surface area contributed by atoms with Gasteiger partial charge in [-0.15, -0.1) is 0 Å². The van der Waals surface area contributed by atoms with Crippen molar-refractivity contribution in [2.45, 2.75) is 13.3 Å². The number of aliphatic hydroxyl groups is 1. The van der Waals surface area contributed by atoms with Crippen molar-refractivity contribution in [3.8, 4) is 0 Å². The van der Waals surface area contributed by atoms with Gasteiger partial charge in [0.05, 0.1) is 0 Å². The van der Waals surface area contributed by atoms with E-state index in [9.17, 15) is 9.59 Å². The fraction of sp³-hybridized carbons (Fsp3) is 0.429. The number of aliphatic hydroxyl groups excluding tert-OH is 1. The van der Waals surface area contributed by atoms with Gasteiger partial charge in [0, 0.05) is 24.3 Å². The molecule has 0 radical (unpaired) electrons. The van der Waals surface area contributed by atoms with Crippen LogP contribution in [-0.4, -0.2) is 21.7 Å². The minimum atomic E-state index is -0.515. The average Bonchev–Trinajstić information content (AvgIpc) is 1.96. The maximum Gasteiger partial charge on any atom is 1.00 e. The summed E-state index contributed by atoms with van der Waals surface area (Å²) in [5.74, 6) is 0. The minimum Gasteiger partial charge on any atom is -1.00 e. The van der Waals surface area contributed by atoms with Crippen molar-refractivity contribution < 1.29 is 36.1 Å². The quantitative estimate of drug-likeness (QED) is 0.420. The maximum atomic E-state index is 11.1. The molecule has 1 rings (SSSR count). The Labute approximate surface area is 98.0 Å². The summed E-state index contributed by atoms with van der Waals surface area (Å²) < 4.78 is 0. The van der Waals surface area contributed by atoms with E-state index in [4.69, 9.17) is 5.11 Å². The zero-order valence-corrected chi connectivity index (χ0v) is 9.68. The van der Waals surface area contributed by atoms with Crippen LogP contribution in [0.1, 0.15) is 12.7 Å². The van der Waals surface area contributed by atoms with Gasteiger partial charge in [-0.2, -0.15) is 0 Å². The van der Waals surface area contributed by atoms with Crippen molar-refractivity contribution in [3.05, 3.63) is 32.1 Å². The molecule has 0 atom stereocenters. The third kappa shape index (κ3) is 3.11. The zero-order valence-electron chi connectivity index (χ0n) is 8.68. The number of aromatic nitrogens is 2. The van der Waals surface area contributed by atoms with Gasteiger partial charge in [0.2, 0.25) is 0 Å². The van der Waals surface area contributed by atoms with Crippen LogP contribution in [0.4, 0.5) is 0 Å². The molecule has 1 heterocycles. The smallest absolute Gasteiger partial charge is 1.00 e. The van der Waals surface area contributed by atoms with Crippen LogP contribution in [0.2, 0.25) is 0 Å². The molecule has 1 aromatic rings. The molecule has 5 nitrogen and oxygen atoms in total. The number of aromatic amines is 2. The summed E-state index contributed by atoms with van der Waals surface area (Å²) in [5, 5.41) is 8.59. The Morgan fingerprint density at radius 1 is 1.38 bits per heavy atom. The normalized spacial score (nSPS) is 9.38. The minimum absolute atomic E-state index is 0. The van der Waals surface area contributed by atoms with Crippen molar-refractivity contribution in [2.75, 3.05) is 6.61 Å². The first kappa shape index (κ1) is 12.6. The zero-order chi connectivity index (χ0) is 9.14. The Hall–Kier alpha value is -0.360. The van der Waals surface area contributed by atoms with E-state index in [2.05, 4.69) is 9.97 Å². The van der Waals surface area contributed by atoms with E-state index in [-0.39, 0.29) is 44.0 Å². The molecule has 0 saturated carbocycles. The van der Waals surface area contributed by atoms with E-state index in [0.717, 1.165) is 0 Å². The van der Waals surface area contributed by atoms with E-state index in [1.807, 2.05) is 0 Å². The summed E-state index contributed by atoms with van der Waals surface area (Å²) >= 11 is 0. The van der Waals surface area contributed by atoms with E-state index < -0.39 is 11.2 Å². The summed E-state index contributed by atoms with van der Waals surface area (Å²) in [6.07, 6.45) is 0.262. The molecule has 1 aromatic heterocycles. The number of hydrogen-bond donors (Lipinski definition) is 3. The fourth-order valence-electron chi connectivity index (χ4n) is 1.04. The van der Waals surface area contributed by atoms with Gasteiger partial charge in [-0.25, -0.2) is 4.79 Å². The summed E-state index contributed by atoms with van der Waals surface area (Å²) in [6, 6.07) is 0. The SMILES string of the molecule is Cc1[nH]c(=O)[nH]c(=O)c1CCO.[H-].[Na+]. The van der Waals surface area contributed by atoms with E-state index in [1.54, 1.807) is 6.92 Å². The molecule has 0 fully saturated rings. The van der Waals surface area contributed by atoms with Crippen LogP contribution in [0.5, 0.6) is 0 Å². The summed E-state index contributed by atoms with van der Waals surface area (Å²) in [7, 11) is 0. The van der Waals surface area contributed by atoms with Crippen molar-refractivity contribution in [1.29, 1.82) is 0 Å².